The normalized spacial score (nSPS) is 9.90. The Hall–Kier alpha value is -5.68. The molecule has 0 radical (unpaired) electrons. The lowest BCUT2D eigenvalue weighted by atomic mass is 9.97. The third-order valence-corrected chi connectivity index (χ3v) is 4.74. The Labute approximate surface area is 173 Å². The molecular weight excluding hydrogens is 392 g/mol. The number of aromatic nitrogens is 4. The maximum Gasteiger partial charge on any atom is 0.177 e. The lowest BCUT2D eigenvalue weighted by Crippen LogP contribution is -2.04. The molecule has 0 amide bonds. The number of hydrogen-bond donors (Lipinski definition) is 0. The summed E-state index contributed by atoms with van der Waals surface area (Å²) in [6.07, 6.45) is 0. The van der Waals surface area contributed by atoms with Crippen molar-refractivity contribution in [1.29, 1.82) is 31.6 Å². The van der Waals surface area contributed by atoms with Gasteiger partial charge in [-0.3, -0.25) is 0 Å². The quantitative estimate of drug-likeness (QED) is 0.397. The van der Waals surface area contributed by atoms with Gasteiger partial charge >= 0.3 is 0 Å². The maximum atomic E-state index is 9.54. The Morgan fingerprint density at radius 2 is 1.13 bits per heavy atom. The largest absolute Gasteiger partial charge is 0.235 e. The first-order valence-corrected chi connectivity index (χ1v) is 8.46. The molecule has 0 spiro atoms. The SMILES string of the molecule is Cc1c(C#N)c(C#N)nc2c3cc(C#N)c(C#N)nc3c3nc(C#N)c(C#N)nc3c12. The Morgan fingerprint density at radius 3 is 1.68 bits per heavy atom. The maximum absolute atomic E-state index is 9.54. The second-order valence-corrected chi connectivity index (χ2v) is 6.25. The highest BCUT2D eigenvalue weighted by Crippen LogP contribution is 2.36. The summed E-state index contributed by atoms with van der Waals surface area (Å²) in [5.74, 6) is 0. The van der Waals surface area contributed by atoms with E-state index >= 15 is 0 Å². The summed E-state index contributed by atoms with van der Waals surface area (Å²) in [5, 5.41) is 57.2. The fourth-order valence-corrected chi connectivity index (χ4v) is 3.38. The van der Waals surface area contributed by atoms with Crippen LogP contribution in [0.5, 0.6) is 0 Å². The van der Waals surface area contributed by atoms with E-state index in [1.165, 1.54) is 6.07 Å². The highest BCUT2D eigenvalue weighted by atomic mass is 14.9. The minimum atomic E-state index is -0.236. The zero-order chi connectivity index (χ0) is 22.3. The van der Waals surface area contributed by atoms with E-state index in [-0.39, 0.29) is 56.0 Å². The Bertz CT molecular complexity index is 1700. The summed E-state index contributed by atoms with van der Waals surface area (Å²) in [7, 11) is 0. The molecule has 0 fully saturated rings. The van der Waals surface area contributed by atoms with Crippen LogP contribution in [0, 0.1) is 74.9 Å². The van der Waals surface area contributed by atoms with Crippen LogP contribution in [-0.2, 0) is 0 Å². The average molecular weight is 396 g/mol. The predicted octanol–water partition coefficient (Wildman–Crippen LogP) is 2.26. The van der Waals surface area contributed by atoms with Gasteiger partial charge in [-0.25, -0.2) is 19.9 Å². The molecule has 3 aromatic heterocycles. The number of benzene rings is 1. The lowest BCUT2D eigenvalue weighted by Gasteiger charge is -2.12. The molecule has 0 saturated carbocycles. The summed E-state index contributed by atoms with van der Waals surface area (Å²) >= 11 is 0. The van der Waals surface area contributed by atoms with Crippen molar-refractivity contribution in [3.8, 4) is 36.4 Å². The van der Waals surface area contributed by atoms with Gasteiger partial charge in [-0.15, -0.1) is 0 Å². The van der Waals surface area contributed by atoms with Gasteiger partial charge in [0, 0.05) is 10.8 Å². The molecule has 4 aromatic rings. The number of fused-ring (bicyclic) bond motifs is 6. The topological polar surface area (TPSA) is 194 Å². The second kappa shape index (κ2) is 6.73. The molecule has 4 rings (SSSR count). The standard InChI is InChI=1S/C21H4N10/c1-9-12(4-23)14(6-25)29-18-11-2-10(3-22)13(5-24)28-19(11)21-20(17(9)18)30-15(7-26)16(8-27)31-21/h2H,1H3. The van der Waals surface area contributed by atoms with Gasteiger partial charge in [0.25, 0.3) is 0 Å². The van der Waals surface area contributed by atoms with Gasteiger partial charge in [0.2, 0.25) is 0 Å². The first-order valence-electron chi connectivity index (χ1n) is 8.46. The highest BCUT2D eigenvalue weighted by Gasteiger charge is 2.23. The molecule has 0 aliphatic rings. The molecule has 10 heteroatoms. The molecule has 1 aromatic carbocycles. The van der Waals surface area contributed by atoms with E-state index in [0.29, 0.717) is 16.3 Å². The molecule has 10 nitrogen and oxygen atoms in total. The zero-order valence-electron chi connectivity index (χ0n) is 15.5. The van der Waals surface area contributed by atoms with Crippen LogP contribution in [0.1, 0.15) is 39.5 Å². The van der Waals surface area contributed by atoms with E-state index < -0.39 is 0 Å². The van der Waals surface area contributed by atoms with Crippen LogP contribution in [0.25, 0.3) is 32.8 Å². The molecule has 0 aliphatic carbocycles. The van der Waals surface area contributed by atoms with Gasteiger partial charge in [-0.1, -0.05) is 0 Å². The predicted molar refractivity (Wildman–Crippen MR) is 103 cm³/mol. The van der Waals surface area contributed by atoms with Crippen molar-refractivity contribution < 1.29 is 0 Å². The molecule has 0 N–H and O–H groups in total. The van der Waals surface area contributed by atoms with E-state index in [4.69, 9.17) is 0 Å². The minimum absolute atomic E-state index is 0.0138. The van der Waals surface area contributed by atoms with Crippen molar-refractivity contribution in [3.63, 3.8) is 0 Å². The number of rotatable bonds is 0. The number of pyridine rings is 2. The molecular formula is C21H4N10. The molecule has 0 aliphatic heterocycles. The average Bonchev–Trinajstić information content (AvgIpc) is 2.81. The van der Waals surface area contributed by atoms with Crippen LogP contribution in [0.3, 0.4) is 0 Å². The molecule has 0 saturated heterocycles. The van der Waals surface area contributed by atoms with E-state index in [1.54, 1.807) is 13.0 Å². The van der Waals surface area contributed by atoms with E-state index in [9.17, 15) is 31.6 Å². The fraction of sp³-hybridized carbons (Fsp3) is 0.0476. The van der Waals surface area contributed by atoms with Crippen molar-refractivity contribution in [3.05, 3.63) is 45.5 Å². The third kappa shape index (κ3) is 2.45. The number of hydrogen-bond acceptors (Lipinski definition) is 10. The Morgan fingerprint density at radius 1 is 0.581 bits per heavy atom. The molecule has 0 atom stereocenters. The van der Waals surface area contributed by atoms with Crippen LogP contribution in [0.2, 0.25) is 0 Å². The van der Waals surface area contributed by atoms with Gasteiger partial charge in [-0.05, 0) is 18.6 Å². The second-order valence-electron chi connectivity index (χ2n) is 6.25. The molecule has 31 heavy (non-hydrogen) atoms. The Kier molecular flexibility index (Phi) is 4.06. The van der Waals surface area contributed by atoms with Crippen LogP contribution in [-0.4, -0.2) is 19.9 Å². The molecule has 138 valence electrons. The summed E-state index contributed by atoms with van der Waals surface area (Å²) in [5.41, 5.74) is 0.238. The molecule has 3 heterocycles. The van der Waals surface area contributed by atoms with Crippen LogP contribution < -0.4 is 0 Å². The van der Waals surface area contributed by atoms with Crippen molar-refractivity contribution in [2.24, 2.45) is 0 Å². The van der Waals surface area contributed by atoms with E-state index in [0.717, 1.165) is 0 Å². The van der Waals surface area contributed by atoms with Crippen LogP contribution in [0.4, 0.5) is 0 Å². The summed E-state index contributed by atoms with van der Waals surface area (Å²) < 4.78 is 0. The molecule has 0 bridgehead atoms. The zero-order valence-corrected chi connectivity index (χ0v) is 15.5. The van der Waals surface area contributed by atoms with Gasteiger partial charge in [0.1, 0.15) is 53.0 Å². The van der Waals surface area contributed by atoms with E-state index in [2.05, 4.69) is 19.9 Å². The van der Waals surface area contributed by atoms with E-state index in [1.807, 2.05) is 30.3 Å². The first kappa shape index (κ1) is 18.7. The van der Waals surface area contributed by atoms with Crippen molar-refractivity contribution in [1.82, 2.24) is 19.9 Å². The van der Waals surface area contributed by atoms with Gasteiger partial charge < -0.3 is 0 Å². The number of aryl methyl sites for hydroxylation is 1. The van der Waals surface area contributed by atoms with Crippen molar-refractivity contribution >= 4 is 32.8 Å². The summed E-state index contributed by atoms with van der Waals surface area (Å²) in [6, 6.07) is 12.6. The summed E-state index contributed by atoms with van der Waals surface area (Å²) in [6.45, 7) is 1.60. The van der Waals surface area contributed by atoms with Gasteiger partial charge in [0.05, 0.1) is 16.6 Å². The monoisotopic (exact) mass is 396 g/mol. The highest BCUT2D eigenvalue weighted by molar-refractivity contribution is 6.22. The van der Waals surface area contributed by atoms with Gasteiger partial charge in [0.15, 0.2) is 22.8 Å². The Balaban J connectivity index is 2.47. The minimum Gasteiger partial charge on any atom is -0.235 e. The van der Waals surface area contributed by atoms with Gasteiger partial charge in [-0.2, -0.15) is 31.6 Å². The smallest absolute Gasteiger partial charge is 0.177 e. The lowest BCUT2D eigenvalue weighted by molar-refractivity contribution is 1.19. The number of nitriles is 6. The van der Waals surface area contributed by atoms with Crippen molar-refractivity contribution in [2.75, 3.05) is 0 Å². The third-order valence-electron chi connectivity index (χ3n) is 4.74. The first-order chi connectivity index (χ1) is 15.0. The summed E-state index contributed by atoms with van der Waals surface area (Å²) in [4.78, 5) is 17.0. The van der Waals surface area contributed by atoms with Crippen LogP contribution in [0.15, 0.2) is 6.07 Å². The van der Waals surface area contributed by atoms with Crippen molar-refractivity contribution in [2.45, 2.75) is 6.92 Å². The molecule has 0 unspecified atom stereocenters. The van der Waals surface area contributed by atoms with Crippen LogP contribution >= 0.6 is 0 Å². The number of nitrogens with zero attached hydrogens (tertiary/aromatic N) is 10. The fourth-order valence-electron chi connectivity index (χ4n) is 3.38.